The number of quaternary nitrogens is 1. The molecule has 2 aromatic carbocycles. The molecule has 0 atom stereocenters. The molecule has 1 aromatic heterocycles. The highest BCUT2D eigenvalue weighted by Crippen LogP contribution is 2.34. The zero-order valence-electron chi connectivity index (χ0n) is 14.4. The van der Waals surface area contributed by atoms with Crippen molar-refractivity contribution >= 4 is 16.8 Å². The fourth-order valence-electron chi connectivity index (χ4n) is 3.62. The quantitative estimate of drug-likeness (QED) is 0.570. The van der Waals surface area contributed by atoms with Gasteiger partial charge < -0.3 is 20.2 Å². The Morgan fingerprint density at radius 1 is 1.12 bits per heavy atom. The van der Waals surface area contributed by atoms with Crippen molar-refractivity contribution in [2.24, 2.45) is 0 Å². The molecule has 4 rings (SSSR count). The summed E-state index contributed by atoms with van der Waals surface area (Å²) in [6.45, 7) is 1.08. The van der Waals surface area contributed by atoms with Crippen molar-refractivity contribution in [2.45, 2.75) is 13.0 Å². The molecule has 5 nitrogen and oxygen atoms in total. The van der Waals surface area contributed by atoms with Crippen molar-refractivity contribution < 1.29 is 9.44 Å². The van der Waals surface area contributed by atoms with Gasteiger partial charge in [0.1, 0.15) is 6.54 Å². The summed E-state index contributed by atoms with van der Waals surface area (Å²) in [4.78, 5) is 15.7. The number of carbonyl (C=O) groups excluding carboxylic acids is 1. The maximum Gasteiger partial charge on any atom is 0.251 e. The second-order valence-corrected chi connectivity index (χ2v) is 7.14. The summed E-state index contributed by atoms with van der Waals surface area (Å²) in [7, 11) is 3.29. The average Bonchev–Trinajstić information content (AvgIpc) is 2.83. The molecule has 0 spiro atoms. The van der Waals surface area contributed by atoms with Gasteiger partial charge in [-0.3, -0.25) is 4.79 Å². The standard InChI is InChI=1S/C20H21N3O2/c1-23(2,25)12-13-6-8-14(9-7-13)19-15-10-11-21-20(24)16-4-3-5-17(22-19)18(15)16/h3-9,22H,10-12H2,1-2H3,(H,21,24). The lowest BCUT2D eigenvalue weighted by Gasteiger charge is -2.33. The van der Waals surface area contributed by atoms with Crippen LogP contribution in [0.5, 0.6) is 0 Å². The Morgan fingerprint density at radius 3 is 2.60 bits per heavy atom. The molecule has 0 saturated carbocycles. The number of rotatable bonds is 3. The van der Waals surface area contributed by atoms with E-state index in [0.29, 0.717) is 13.1 Å². The van der Waals surface area contributed by atoms with Crippen molar-refractivity contribution in [3.05, 3.63) is 64.4 Å². The number of hydroxylamine groups is 3. The lowest BCUT2D eigenvalue weighted by atomic mass is 10.00. The fourth-order valence-corrected chi connectivity index (χ4v) is 3.62. The summed E-state index contributed by atoms with van der Waals surface area (Å²) in [5.41, 5.74) is 6.04. The van der Waals surface area contributed by atoms with Crippen molar-refractivity contribution in [3.63, 3.8) is 0 Å². The molecular formula is C20H21N3O2. The molecular weight excluding hydrogens is 314 g/mol. The Bertz CT molecular complexity index is 949. The van der Waals surface area contributed by atoms with Gasteiger partial charge >= 0.3 is 0 Å². The summed E-state index contributed by atoms with van der Waals surface area (Å²) in [6.07, 6.45) is 0.796. The van der Waals surface area contributed by atoms with Gasteiger partial charge in [-0.15, -0.1) is 0 Å². The molecule has 0 fully saturated rings. The van der Waals surface area contributed by atoms with Crippen LogP contribution in [0.1, 0.15) is 21.5 Å². The summed E-state index contributed by atoms with van der Waals surface area (Å²) in [5.74, 6) is -0.0132. The predicted octanol–water partition coefficient (Wildman–Crippen LogP) is 3.20. The molecule has 128 valence electrons. The van der Waals surface area contributed by atoms with Crippen LogP contribution in [0.4, 0.5) is 0 Å². The van der Waals surface area contributed by atoms with Gasteiger partial charge in [-0.25, -0.2) is 0 Å². The van der Waals surface area contributed by atoms with Crippen LogP contribution in [0, 0.1) is 5.21 Å². The summed E-state index contributed by atoms with van der Waals surface area (Å²) in [5, 5.41) is 15.8. The van der Waals surface area contributed by atoms with Crippen LogP contribution in [-0.4, -0.2) is 36.2 Å². The largest absolute Gasteiger partial charge is 0.633 e. The third-order valence-electron chi connectivity index (χ3n) is 4.64. The van der Waals surface area contributed by atoms with Crippen LogP contribution < -0.4 is 5.32 Å². The Balaban J connectivity index is 1.81. The molecule has 0 aliphatic carbocycles. The summed E-state index contributed by atoms with van der Waals surface area (Å²) in [6, 6.07) is 13.9. The van der Waals surface area contributed by atoms with Crippen molar-refractivity contribution in [1.82, 2.24) is 10.3 Å². The van der Waals surface area contributed by atoms with Gasteiger partial charge in [0.15, 0.2) is 0 Å². The monoisotopic (exact) mass is 335 g/mol. The van der Waals surface area contributed by atoms with E-state index in [2.05, 4.69) is 10.3 Å². The van der Waals surface area contributed by atoms with Gasteiger partial charge in [-0.2, -0.15) is 0 Å². The molecule has 0 unspecified atom stereocenters. The molecule has 2 N–H and O–H groups in total. The average molecular weight is 335 g/mol. The number of amides is 1. The minimum atomic E-state index is -0.339. The number of aromatic amines is 1. The Labute approximate surface area is 146 Å². The smallest absolute Gasteiger partial charge is 0.251 e. The first-order valence-electron chi connectivity index (χ1n) is 8.47. The predicted molar refractivity (Wildman–Crippen MR) is 99.0 cm³/mol. The van der Waals surface area contributed by atoms with E-state index in [1.807, 2.05) is 42.5 Å². The highest BCUT2D eigenvalue weighted by Gasteiger charge is 2.22. The van der Waals surface area contributed by atoms with E-state index in [1.165, 1.54) is 5.56 Å². The molecule has 0 radical (unpaired) electrons. The number of hydrogen-bond donors (Lipinski definition) is 2. The molecule has 1 aliphatic rings. The second kappa shape index (κ2) is 5.72. The topological polar surface area (TPSA) is 67.9 Å². The normalized spacial score (nSPS) is 14.4. The number of carbonyl (C=O) groups is 1. The minimum Gasteiger partial charge on any atom is -0.633 e. The van der Waals surface area contributed by atoms with Crippen molar-refractivity contribution in [1.29, 1.82) is 0 Å². The van der Waals surface area contributed by atoms with Crippen LogP contribution in [0.15, 0.2) is 42.5 Å². The van der Waals surface area contributed by atoms with E-state index < -0.39 is 0 Å². The second-order valence-electron chi connectivity index (χ2n) is 7.14. The molecule has 0 bridgehead atoms. The lowest BCUT2D eigenvalue weighted by Crippen LogP contribution is -2.30. The third-order valence-corrected chi connectivity index (χ3v) is 4.64. The van der Waals surface area contributed by atoms with Gasteiger partial charge in [0, 0.05) is 34.3 Å². The SMILES string of the molecule is C[N+](C)([O-])Cc1ccc(-c2[nH]c3cccc4c3c2CCNC4=O)cc1. The van der Waals surface area contributed by atoms with Crippen LogP contribution in [0.2, 0.25) is 0 Å². The Kier molecular flexibility index (Phi) is 3.63. The number of nitrogens with one attached hydrogen (secondary N) is 2. The number of benzene rings is 2. The minimum absolute atomic E-state index is 0.0132. The molecule has 1 amide bonds. The maximum absolute atomic E-state index is 12.3. The molecule has 2 heterocycles. The van der Waals surface area contributed by atoms with Crippen molar-refractivity contribution in [3.8, 4) is 11.3 Å². The summed E-state index contributed by atoms with van der Waals surface area (Å²) < 4.78 is -0.339. The zero-order valence-corrected chi connectivity index (χ0v) is 14.4. The molecule has 3 aromatic rings. The van der Waals surface area contributed by atoms with Crippen molar-refractivity contribution in [2.75, 3.05) is 20.6 Å². The van der Waals surface area contributed by atoms with Gasteiger partial charge in [-0.1, -0.05) is 30.3 Å². The Hall–Kier alpha value is -2.63. The molecule has 5 heteroatoms. The third kappa shape index (κ3) is 2.92. The first-order valence-corrected chi connectivity index (χ1v) is 8.47. The van der Waals surface area contributed by atoms with Crippen LogP contribution in [0.25, 0.3) is 22.2 Å². The van der Waals surface area contributed by atoms with Crippen LogP contribution in [-0.2, 0) is 13.0 Å². The lowest BCUT2D eigenvalue weighted by molar-refractivity contribution is -0.853. The first kappa shape index (κ1) is 15.9. The number of aromatic nitrogens is 1. The van der Waals surface area contributed by atoms with E-state index in [9.17, 15) is 10.0 Å². The highest BCUT2D eigenvalue weighted by molar-refractivity contribution is 6.10. The zero-order chi connectivity index (χ0) is 17.6. The van der Waals surface area contributed by atoms with E-state index in [-0.39, 0.29) is 10.6 Å². The fraction of sp³-hybridized carbons (Fsp3) is 0.250. The van der Waals surface area contributed by atoms with Gasteiger partial charge in [0.05, 0.1) is 14.1 Å². The molecule has 1 aliphatic heterocycles. The van der Waals surface area contributed by atoms with Gasteiger partial charge in [0.2, 0.25) is 0 Å². The van der Waals surface area contributed by atoms with E-state index >= 15 is 0 Å². The van der Waals surface area contributed by atoms with E-state index in [1.54, 1.807) is 14.1 Å². The first-order chi connectivity index (χ1) is 11.9. The van der Waals surface area contributed by atoms with Crippen LogP contribution in [0.3, 0.4) is 0 Å². The van der Waals surface area contributed by atoms with Gasteiger partial charge in [-0.05, 0) is 29.7 Å². The molecule has 25 heavy (non-hydrogen) atoms. The summed E-state index contributed by atoms with van der Waals surface area (Å²) >= 11 is 0. The van der Waals surface area contributed by atoms with E-state index in [4.69, 9.17) is 0 Å². The maximum atomic E-state index is 12.3. The van der Waals surface area contributed by atoms with E-state index in [0.717, 1.165) is 39.7 Å². The Morgan fingerprint density at radius 2 is 1.88 bits per heavy atom. The van der Waals surface area contributed by atoms with Crippen LogP contribution >= 0.6 is 0 Å². The van der Waals surface area contributed by atoms with Gasteiger partial charge in [0.25, 0.3) is 5.91 Å². The number of nitrogens with zero attached hydrogens (tertiary/aromatic N) is 1. The number of hydrogen-bond acceptors (Lipinski definition) is 2. The highest BCUT2D eigenvalue weighted by atomic mass is 16.5. The number of H-pyrrole nitrogens is 1. The molecule has 0 saturated heterocycles.